The van der Waals surface area contributed by atoms with Crippen molar-refractivity contribution in [1.82, 2.24) is 0 Å². The highest BCUT2D eigenvalue weighted by molar-refractivity contribution is 6.22. The van der Waals surface area contributed by atoms with Gasteiger partial charge >= 0.3 is 0 Å². The average molecular weight is 259 g/mol. The average Bonchev–Trinajstić information content (AvgIpc) is 2.71. The predicted octanol–water partition coefficient (Wildman–Crippen LogP) is 2.37. The largest absolute Gasteiger partial charge is 0.495 e. The van der Waals surface area contributed by atoms with E-state index in [0.29, 0.717) is 11.4 Å². The lowest BCUT2D eigenvalue weighted by Crippen LogP contribution is -2.31. The molecule has 2 unspecified atom stereocenters. The predicted molar refractivity (Wildman–Crippen MR) is 70.9 cm³/mol. The lowest BCUT2D eigenvalue weighted by atomic mass is 9.81. The van der Waals surface area contributed by atoms with Crippen molar-refractivity contribution < 1.29 is 14.3 Å². The molecule has 1 aromatic carbocycles. The van der Waals surface area contributed by atoms with Crippen LogP contribution < -0.4 is 9.64 Å². The first-order valence-corrected chi connectivity index (χ1v) is 6.75. The van der Waals surface area contributed by atoms with Crippen LogP contribution >= 0.6 is 0 Å². The number of amides is 2. The number of benzene rings is 1. The summed E-state index contributed by atoms with van der Waals surface area (Å²) < 4.78 is 5.26. The maximum atomic E-state index is 12.5. The maximum Gasteiger partial charge on any atom is 0.237 e. The number of methoxy groups -OCH3 is 1. The van der Waals surface area contributed by atoms with Crippen molar-refractivity contribution >= 4 is 17.5 Å². The Bertz CT molecular complexity index is 502. The minimum atomic E-state index is -0.119. The van der Waals surface area contributed by atoms with Crippen molar-refractivity contribution in [2.45, 2.75) is 25.7 Å². The molecule has 4 heteroatoms. The fraction of sp³-hybridized carbons (Fsp3) is 0.467. The van der Waals surface area contributed by atoms with Gasteiger partial charge in [-0.05, 0) is 25.0 Å². The Hall–Kier alpha value is -1.84. The highest BCUT2D eigenvalue weighted by atomic mass is 16.5. The van der Waals surface area contributed by atoms with E-state index < -0.39 is 0 Å². The molecule has 4 nitrogen and oxygen atoms in total. The summed E-state index contributed by atoms with van der Waals surface area (Å²) in [5.74, 6) is 0.221. The number of hydrogen-bond acceptors (Lipinski definition) is 3. The number of nitrogens with zero attached hydrogens (tertiary/aromatic N) is 1. The molecule has 0 N–H and O–H groups in total. The Kier molecular flexibility index (Phi) is 3.01. The molecule has 0 spiro atoms. The van der Waals surface area contributed by atoms with Crippen molar-refractivity contribution in [2.75, 3.05) is 12.0 Å². The van der Waals surface area contributed by atoms with E-state index in [2.05, 4.69) is 0 Å². The lowest BCUT2D eigenvalue weighted by molar-refractivity contribution is -0.122. The molecule has 0 aromatic heterocycles. The van der Waals surface area contributed by atoms with Crippen molar-refractivity contribution in [1.29, 1.82) is 0 Å². The molecule has 1 aromatic rings. The van der Waals surface area contributed by atoms with Gasteiger partial charge in [0.1, 0.15) is 5.75 Å². The second-order valence-corrected chi connectivity index (χ2v) is 5.18. The molecule has 100 valence electrons. The van der Waals surface area contributed by atoms with E-state index in [4.69, 9.17) is 4.74 Å². The minimum Gasteiger partial charge on any atom is -0.495 e. The number of fused-ring (bicyclic) bond motifs is 1. The van der Waals surface area contributed by atoms with Gasteiger partial charge in [-0.15, -0.1) is 0 Å². The van der Waals surface area contributed by atoms with Gasteiger partial charge in [-0.2, -0.15) is 0 Å². The van der Waals surface area contributed by atoms with Crippen LogP contribution in [0.2, 0.25) is 0 Å². The van der Waals surface area contributed by atoms with Gasteiger partial charge in [0, 0.05) is 0 Å². The van der Waals surface area contributed by atoms with E-state index >= 15 is 0 Å². The van der Waals surface area contributed by atoms with Gasteiger partial charge in [-0.1, -0.05) is 25.0 Å². The van der Waals surface area contributed by atoms with E-state index in [1.807, 2.05) is 12.1 Å². The SMILES string of the molecule is COc1ccccc1N1C(=O)C2CCCCC2C1=O. The molecule has 1 saturated heterocycles. The van der Waals surface area contributed by atoms with Gasteiger partial charge in [0.25, 0.3) is 0 Å². The standard InChI is InChI=1S/C15H17NO3/c1-19-13-9-5-4-8-12(13)16-14(17)10-6-2-3-7-11(10)15(16)18/h4-5,8-11H,2-3,6-7H2,1H3. The summed E-state index contributed by atoms with van der Waals surface area (Å²) in [7, 11) is 1.55. The van der Waals surface area contributed by atoms with Crippen molar-refractivity contribution in [2.24, 2.45) is 11.8 Å². The summed E-state index contributed by atoms with van der Waals surface area (Å²) in [4.78, 5) is 26.3. The molecule has 1 heterocycles. The van der Waals surface area contributed by atoms with Crippen LogP contribution in [-0.2, 0) is 9.59 Å². The van der Waals surface area contributed by atoms with Gasteiger partial charge in [-0.25, -0.2) is 4.90 Å². The number of carbonyl (C=O) groups excluding carboxylic acids is 2. The fourth-order valence-electron chi connectivity index (χ4n) is 3.21. The molecular weight excluding hydrogens is 242 g/mol. The molecule has 1 aliphatic carbocycles. The number of imide groups is 1. The van der Waals surface area contributed by atoms with Gasteiger partial charge in [-0.3, -0.25) is 9.59 Å². The molecule has 1 saturated carbocycles. The lowest BCUT2D eigenvalue weighted by Gasteiger charge is -2.19. The van der Waals surface area contributed by atoms with Crippen LogP contribution in [0.15, 0.2) is 24.3 Å². The molecule has 19 heavy (non-hydrogen) atoms. The van der Waals surface area contributed by atoms with Gasteiger partial charge in [0.15, 0.2) is 0 Å². The van der Waals surface area contributed by atoms with Crippen molar-refractivity contribution in [3.63, 3.8) is 0 Å². The summed E-state index contributed by atoms with van der Waals surface area (Å²) >= 11 is 0. The third-order valence-electron chi connectivity index (χ3n) is 4.17. The monoisotopic (exact) mass is 259 g/mol. The third kappa shape index (κ3) is 1.82. The Labute approximate surface area is 112 Å². The van der Waals surface area contributed by atoms with E-state index in [-0.39, 0.29) is 23.7 Å². The molecule has 2 amide bonds. The van der Waals surface area contributed by atoms with E-state index in [0.717, 1.165) is 25.7 Å². The smallest absolute Gasteiger partial charge is 0.237 e. The van der Waals surface area contributed by atoms with Gasteiger partial charge < -0.3 is 4.74 Å². The number of anilines is 1. The first-order valence-electron chi connectivity index (χ1n) is 6.75. The Morgan fingerprint density at radius 1 is 1.05 bits per heavy atom. The van der Waals surface area contributed by atoms with Crippen molar-refractivity contribution in [3.8, 4) is 5.75 Å². The van der Waals surface area contributed by atoms with Crippen molar-refractivity contribution in [3.05, 3.63) is 24.3 Å². The normalized spacial score (nSPS) is 26.5. The molecule has 2 fully saturated rings. The first-order chi connectivity index (χ1) is 9.24. The molecule has 0 radical (unpaired) electrons. The maximum absolute atomic E-state index is 12.5. The Balaban J connectivity index is 2.00. The zero-order chi connectivity index (χ0) is 13.4. The number of ether oxygens (including phenoxy) is 1. The summed E-state index contributed by atoms with van der Waals surface area (Å²) in [6, 6.07) is 7.20. The number of hydrogen-bond donors (Lipinski definition) is 0. The summed E-state index contributed by atoms with van der Waals surface area (Å²) in [5.41, 5.74) is 0.578. The minimum absolute atomic E-state index is 0.0563. The van der Waals surface area contributed by atoms with Crippen LogP contribution in [0.25, 0.3) is 0 Å². The highest BCUT2D eigenvalue weighted by Gasteiger charge is 2.49. The molecule has 2 aliphatic rings. The quantitative estimate of drug-likeness (QED) is 0.766. The molecule has 0 bridgehead atoms. The molecule has 1 aliphatic heterocycles. The van der Waals surface area contributed by atoms with E-state index in [9.17, 15) is 9.59 Å². The van der Waals surface area contributed by atoms with Crippen LogP contribution in [0, 0.1) is 11.8 Å². The van der Waals surface area contributed by atoms with E-state index in [1.165, 1.54) is 4.90 Å². The second-order valence-electron chi connectivity index (χ2n) is 5.18. The molecule has 3 rings (SSSR count). The third-order valence-corrected chi connectivity index (χ3v) is 4.17. The highest BCUT2D eigenvalue weighted by Crippen LogP contribution is 2.42. The van der Waals surface area contributed by atoms with Crippen LogP contribution in [0.5, 0.6) is 5.75 Å². The number of rotatable bonds is 2. The first kappa shape index (κ1) is 12.2. The Morgan fingerprint density at radius 2 is 1.63 bits per heavy atom. The fourth-order valence-corrected chi connectivity index (χ4v) is 3.21. The zero-order valence-corrected chi connectivity index (χ0v) is 11.0. The number of carbonyl (C=O) groups is 2. The zero-order valence-electron chi connectivity index (χ0n) is 11.0. The van der Waals surface area contributed by atoms with Crippen LogP contribution in [0.3, 0.4) is 0 Å². The summed E-state index contributed by atoms with van der Waals surface area (Å²) in [5, 5.41) is 0. The number of para-hydroxylation sites is 2. The van der Waals surface area contributed by atoms with Gasteiger partial charge in [0.05, 0.1) is 24.6 Å². The molecular formula is C15H17NO3. The summed E-state index contributed by atoms with van der Waals surface area (Å²) in [6.07, 6.45) is 3.75. The van der Waals surface area contributed by atoms with Crippen LogP contribution in [0.1, 0.15) is 25.7 Å². The topological polar surface area (TPSA) is 46.6 Å². The molecule has 2 atom stereocenters. The summed E-state index contributed by atoms with van der Waals surface area (Å²) in [6.45, 7) is 0. The van der Waals surface area contributed by atoms with Gasteiger partial charge in [0.2, 0.25) is 11.8 Å². The Morgan fingerprint density at radius 3 is 2.21 bits per heavy atom. The van der Waals surface area contributed by atoms with Crippen LogP contribution in [-0.4, -0.2) is 18.9 Å². The second kappa shape index (κ2) is 4.68. The van der Waals surface area contributed by atoms with Crippen LogP contribution in [0.4, 0.5) is 5.69 Å². The van der Waals surface area contributed by atoms with E-state index in [1.54, 1.807) is 19.2 Å².